The highest BCUT2D eigenvalue weighted by Crippen LogP contribution is 2.23. The molecule has 0 aromatic heterocycles. The van der Waals surface area contributed by atoms with E-state index in [1.54, 1.807) is 5.94 Å². The lowest BCUT2D eigenvalue weighted by molar-refractivity contribution is 0.568. The molecule has 0 bridgehead atoms. The maximum Gasteiger partial charge on any atom is 0.123 e. The summed E-state index contributed by atoms with van der Waals surface area (Å²) in [7, 11) is 0. The number of rotatable bonds is 0. The maximum absolute atomic E-state index is 9.41. The van der Waals surface area contributed by atoms with Crippen LogP contribution in [0.4, 0.5) is 0 Å². The van der Waals surface area contributed by atoms with Gasteiger partial charge >= 0.3 is 0 Å². The van der Waals surface area contributed by atoms with E-state index in [-0.39, 0.29) is 5.48 Å². The normalized spacial score (nSPS) is 15.0. The molecule has 0 unspecified atom stereocenters. The fraction of sp³-hybridized carbons (Fsp3) is 0.500. The molecule has 1 aliphatic carbocycles. The molecule has 1 saturated carbocycles. The van der Waals surface area contributed by atoms with Crippen LogP contribution in [0.15, 0.2) is 5.57 Å². The minimum absolute atomic E-state index is 0. The van der Waals surface area contributed by atoms with Gasteiger partial charge in [-0.2, -0.15) is 0 Å². The van der Waals surface area contributed by atoms with Gasteiger partial charge in [0.05, 0.1) is 0 Å². The van der Waals surface area contributed by atoms with Gasteiger partial charge in [0.25, 0.3) is 0 Å². The summed E-state index contributed by atoms with van der Waals surface area (Å²) in [6.45, 7) is 0. The predicted octanol–water partition coefficient (Wildman–Crippen LogP) is -0.286. The summed E-state index contributed by atoms with van der Waals surface area (Å²) in [6.07, 6.45) is 2.01. The average molecular weight is 86.1 g/mol. The van der Waals surface area contributed by atoms with Crippen molar-refractivity contribution >= 4 is 5.94 Å². The van der Waals surface area contributed by atoms with Crippen LogP contribution in [-0.2, 0) is 4.79 Å². The van der Waals surface area contributed by atoms with Crippen LogP contribution in [0, 0.1) is 0 Å². The maximum atomic E-state index is 9.41. The molecule has 2 heteroatoms. The highest BCUT2D eigenvalue weighted by Gasteiger charge is 2.10. The van der Waals surface area contributed by atoms with E-state index in [9.17, 15) is 4.79 Å². The topological polar surface area (TPSA) is 48.6 Å². The van der Waals surface area contributed by atoms with E-state index in [0.29, 0.717) is 0 Å². The summed E-state index contributed by atoms with van der Waals surface area (Å²) in [4.78, 5) is 9.41. The zero-order valence-corrected chi connectivity index (χ0v) is 3.32. The van der Waals surface area contributed by atoms with Gasteiger partial charge in [-0.25, -0.2) is 4.79 Å². The Labute approximate surface area is 35.8 Å². The Bertz CT molecular complexity index is 83.7. The van der Waals surface area contributed by atoms with Gasteiger partial charge in [0.2, 0.25) is 0 Å². The number of hydrogen-bond acceptors (Lipinski definition) is 1. The van der Waals surface area contributed by atoms with Crippen LogP contribution in [0.2, 0.25) is 0 Å². The predicted molar refractivity (Wildman–Crippen MR) is 22.1 cm³/mol. The summed E-state index contributed by atoms with van der Waals surface area (Å²) < 4.78 is 0. The highest BCUT2D eigenvalue weighted by molar-refractivity contribution is 5.57. The summed E-state index contributed by atoms with van der Waals surface area (Å²) in [5.74, 6) is 1.81. The molecule has 6 heavy (non-hydrogen) atoms. The van der Waals surface area contributed by atoms with Gasteiger partial charge in [-0.3, -0.25) is 0 Å². The largest absolute Gasteiger partial charge is 0.412 e. The number of hydrogen-bond donors (Lipinski definition) is 0. The molecular weight excluding hydrogens is 80.0 g/mol. The van der Waals surface area contributed by atoms with Crippen LogP contribution in [0.3, 0.4) is 0 Å². The van der Waals surface area contributed by atoms with E-state index in [2.05, 4.69) is 0 Å². The lowest BCUT2D eigenvalue weighted by Crippen LogP contribution is -1.37. The standard InChI is InChI=1S/C4H4O.H2O/c5-3-4-1-2-4;/h1-2H2;1H2. The third-order valence-electron chi connectivity index (χ3n) is 0.644. The molecule has 34 valence electrons. The van der Waals surface area contributed by atoms with Gasteiger partial charge in [-0.1, -0.05) is 0 Å². The quantitative estimate of drug-likeness (QED) is 0.374. The lowest BCUT2D eigenvalue weighted by atomic mass is 10.7. The van der Waals surface area contributed by atoms with Gasteiger partial charge in [0.15, 0.2) is 0 Å². The van der Waals surface area contributed by atoms with E-state index >= 15 is 0 Å². The molecule has 0 saturated heterocycles. The van der Waals surface area contributed by atoms with Crippen molar-refractivity contribution in [2.24, 2.45) is 0 Å². The second kappa shape index (κ2) is 1.75. The molecule has 2 N–H and O–H groups in total. The van der Waals surface area contributed by atoms with Crippen LogP contribution in [0.5, 0.6) is 0 Å². The number of allylic oxidation sites excluding steroid dienone is 1. The van der Waals surface area contributed by atoms with Gasteiger partial charge < -0.3 is 5.48 Å². The average Bonchev–Trinajstić information content (AvgIpc) is 2.12. The van der Waals surface area contributed by atoms with Crippen LogP contribution in [0.25, 0.3) is 0 Å². The summed E-state index contributed by atoms with van der Waals surface area (Å²) >= 11 is 0. The van der Waals surface area contributed by atoms with E-state index in [1.165, 1.54) is 0 Å². The molecule has 0 heterocycles. The summed E-state index contributed by atoms with van der Waals surface area (Å²) in [5.41, 5.74) is 0.949. The molecule has 0 aliphatic heterocycles. The Morgan fingerprint density at radius 1 is 1.50 bits per heavy atom. The first-order valence-electron chi connectivity index (χ1n) is 1.66. The Hall–Kier alpha value is -0.590. The first-order chi connectivity index (χ1) is 2.43. The monoisotopic (exact) mass is 86.0 g/mol. The SMILES string of the molecule is O.O=C=C1CC1. The van der Waals surface area contributed by atoms with E-state index < -0.39 is 0 Å². The smallest absolute Gasteiger partial charge is 0.123 e. The second-order valence-electron chi connectivity index (χ2n) is 1.21. The fourth-order valence-electron chi connectivity index (χ4n) is 0.165. The molecule has 0 spiro atoms. The molecule has 2 nitrogen and oxygen atoms in total. The van der Waals surface area contributed by atoms with Crippen molar-refractivity contribution in [1.82, 2.24) is 0 Å². The van der Waals surface area contributed by atoms with Crippen molar-refractivity contribution < 1.29 is 10.3 Å². The van der Waals surface area contributed by atoms with Gasteiger partial charge in [0.1, 0.15) is 5.94 Å². The van der Waals surface area contributed by atoms with Crippen molar-refractivity contribution in [3.05, 3.63) is 5.57 Å². The van der Waals surface area contributed by atoms with Crippen molar-refractivity contribution in [2.45, 2.75) is 12.8 Å². The van der Waals surface area contributed by atoms with Crippen molar-refractivity contribution in [3.8, 4) is 0 Å². The van der Waals surface area contributed by atoms with E-state index in [4.69, 9.17) is 0 Å². The summed E-state index contributed by atoms with van der Waals surface area (Å²) in [5, 5.41) is 0. The Morgan fingerprint density at radius 3 is 2.00 bits per heavy atom. The van der Waals surface area contributed by atoms with Crippen molar-refractivity contribution in [3.63, 3.8) is 0 Å². The molecule has 0 amide bonds. The minimum atomic E-state index is 0. The fourth-order valence-corrected chi connectivity index (χ4v) is 0.165. The highest BCUT2D eigenvalue weighted by atomic mass is 16.1. The molecule has 0 radical (unpaired) electrons. The first kappa shape index (κ1) is 5.41. The van der Waals surface area contributed by atoms with Crippen LogP contribution in [-0.4, -0.2) is 11.4 Å². The first-order valence-corrected chi connectivity index (χ1v) is 1.66. The van der Waals surface area contributed by atoms with Gasteiger partial charge in [-0.05, 0) is 12.8 Å². The molecule has 1 fully saturated rings. The van der Waals surface area contributed by atoms with E-state index in [0.717, 1.165) is 18.4 Å². The third kappa shape index (κ3) is 1.02. The molecular formula is C4H6O2. The molecule has 1 aliphatic rings. The molecule has 1 rings (SSSR count). The lowest BCUT2D eigenvalue weighted by Gasteiger charge is -1.34. The third-order valence-corrected chi connectivity index (χ3v) is 0.644. The van der Waals surface area contributed by atoms with Crippen LogP contribution in [0.1, 0.15) is 12.8 Å². The van der Waals surface area contributed by atoms with Gasteiger partial charge in [-0.15, -0.1) is 0 Å². The Balaban J connectivity index is 0.000000250. The second-order valence-corrected chi connectivity index (χ2v) is 1.21. The Morgan fingerprint density at radius 2 is 2.00 bits per heavy atom. The molecule has 0 atom stereocenters. The number of carbonyl (C=O) groups excluding carboxylic acids is 1. The molecule has 0 aromatic rings. The zero-order chi connectivity index (χ0) is 3.70. The van der Waals surface area contributed by atoms with Crippen molar-refractivity contribution in [2.75, 3.05) is 0 Å². The summed E-state index contributed by atoms with van der Waals surface area (Å²) in [6, 6.07) is 0. The zero-order valence-electron chi connectivity index (χ0n) is 3.32. The minimum Gasteiger partial charge on any atom is -0.412 e. The molecule has 0 aromatic carbocycles. The van der Waals surface area contributed by atoms with Gasteiger partial charge in [0, 0.05) is 5.57 Å². The Kier molecular flexibility index (Phi) is 1.58. The van der Waals surface area contributed by atoms with E-state index in [1.807, 2.05) is 0 Å². The van der Waals surface area contributed by atoms with Crippen LogP contribution >= 0.6 is 0 Å². The van der Waals surface area contributed by atoms with Crippen LogP contribution < -0.4 is 0 Å². The van der Waals surface area contributed by atoms with Crippen molar-refractivity contribution in [1.29, 1.82) is 0 Å².